The number of benzene rings is 1. The van der Waals surface area contributed by atoms with Gasteiger partial charge in [-0.25, -0.2) is 17.8 Å². The molecule has 0 bridgehead atoms. The van der Waals surface area contributed by atoms with Crippen molar-refractivity contribution < 1.29 is 8.42 Å². The van der Waals surface area contributed by atoms with Gasteiger partial charge in [-0.2, -0.15) is 5.10 Å². The maximum atomic E-state index is 12.2. The third-order valence-electron chi connectivity index (χ3n) is 3.19. The van der Waals surface area contributed by atoms with E-state index in [1.165, 1.54) is 23.0 Å². The third kappa shape index (κ3) is 3.77. The smallest absolute Gasteiger partial charge is 0.266 e. The minimum absolute atomic E-state index is 0.103. The van der Waals surface area contributed by atoms with Crippen LogP contribution in [0.1, 0.15) is 11.1 Å². The summed E-state index contributed by atoms with van der Waals surface area (Å²) < 4.78 is 28.0. The van der Waals surface area contributed by atoms with E-state index >= 15 is 0 Å². The molecule has 0 radical (unpaired) electrons. The van der Waals surface area contributed by atoms with Gasteiger partial charge in [0.25, 0.3) is 5.56 Å². The Kier molecular flexibility index (Phi) is 4.54. The second-order valence-corrected chi connectivity index (χ2v) is 6.50. The zero-order valence-corrected chi connectivity index (χ0v) is 12.7. The molecule has 0 unspecified atom stereocenters. The van der Waals surface area contributed by atoms with Crippen molar-refractivity contribution in [2.45, 2.75) is 25.3 Å². The molecule has 0 aliphatic carbocycles. The molecular formula is C14H17N3O3S. The van der Waals surface area contributed by atoms with E-state index in [0.29, 0.717) is 0 Å². The van der Waals surface area contributed by atoms with Crippen molar-refractivity contribution in [2.24, 2.45) is 0 Å². The Morgan fingerprint density at radius 1 is 1.19 bits per heavy atom. The van der Waals surface area contributed by atoms with Crippen molar-refractivity contribution in [1.82, 2.24) is 14.5 Å². The van der Waals surface area contributed by atoms with Gasteiger partial charge in [-0.3, -0.25) is 4.79 Å². The monoisotopic (exact) mass is 307 g/mol. The Labute approximate surface area is 123 Å². The number of nitrogens with one attached hydrogen (secondary N) is 1. The van der Waals surface area contributed by atoms with Crippen molar-refractivity contribution >= 4 is 10.0 Å². The average molecular weight is 307 g/mol. The quantitative estimate of drug-likeness (QED) is 0.887. The summed E-state index contributed by atoms with van der Waals surface area (Å²) in [6.45, 7) is 4.07. The van der Waals surface area contributed by atoms with Gasteiger partial charge in [-0.15, -0.1) is 0 Å². The second kappa shape index (κ2) is 6.19. The van der Waals surface area contributed by atoms with E-state index in [2.05, 4.69) is 9.82 Å². The highest BCUT2D eigenvalue weighted by molar-refractivity contribution is 7.89. The third-order valence-corrected chi connectivity index (χ3v) is 4.65. The van der Waals surface area contributed by atoms with Crippen LogP contribution in [0.25, 0.3) is 0 Å². The van der Waals surface area contributed by atoms with Gasteiger partial charge in [0.15, 0.2) is 0 Å². The molecule has 1 heterocycles. The van der Waals surface area contributed by atoms with Crippen LogP contribution in [0, 0.1) is 13.8 Å². The Morgan fingerprint density at radius 3 is 2.62 bits per heavy atom. The largest absolute Gasteiger partial charge is 0.268 e. The van der Waals surface area contributed by atoms with Crippen molar-refractivity contribution in [3.63, 3.8) is 0 Å². The molecule has 1 aromatic carbocycles. The molecule has 0 aliphatic heterocycles. The van der Waals surface area contributed by atoms with E-state index in [0.717, 1.165) is 11.1 Å². The number of aromatic nitrogens is 2. The van der Waals surface area contributed by atoms with Crippen LogP contribution in [0.3, 0.4) is 0 Å². The molecule has 0 spiro atoms. The minimum Gasteiger partial charge on any atom is -0.268 e. The van der Waals surface area contributed by atoms with Gasteiger partial charge in [0.05, 0.1) is 11.4 Å². The Bertz CT molecular complexity index is 797. The summed E-state index contributed by atoms with van der Waals surface area (Å²) in [4.78, 5) is 11.7. The van der Waals surface area contributed by atoms with Gasteiger partial charge in [0, 0.05) is 18.8 Å². The molecule has 1 N–H and O–H groups in total. The number of sulfonamides is 1. The molecule has 0 amide bonds. The maximum Gasteiger partial charge on any atom is 0.266 e. The minimum atomic E-state index is -3.58. The highest BCUT2D eigenvalue weighted by atomic mass is 32.2. The van der Waals surface area contributed by atoms with Crippen LogP contribution in [0.15, 0.2) is 46.2 Å². The van der Waals surface area contributed by atoms with E-state index in [4.69, 9.17) is 0 Å². The molecule has 0 fully saturated rings. The fourth-order valence-electron chi connectivity index (χ4n) is 1.81. The molecule has 21 heavy (non-hydrogen) atoms. The molecule has 6 nitrogen and oxygen atoms in total. The maximum absolute atomic E-state index is 12.2. The summed E-state index contributed by atoms with van der Waals surface area (Å²) in [6, 6.07) is 7.89. The lowest BCUT2D eigenvalue weighted by Gasteiger charge is -2.09. The number of hydrogen-bond acceptors (Lipinski definition) is 4. The van der Waals surface area contributed by atoms with Gasteiger partial charge in [-0.1, -0.05) is 6.07 Å². The lowest BCUT2D eigenvalue weighted by Crippen LogP contribution is -2.31. The highest BCUT2D eigenvalue weighted by Gasteiger charge is 2.14. The molecule has 7 heteroatoms. The molecule has 0 atom stereocenters. The molecule has 1 aromatic heterocycles. The molecule has 2 aromatic rings. The number of nitrogens with zero attached hydrogens (tertiary/aromatic N) is 2. The number of rotatable bonds is 5. The van der Waals surface area contributed by atoms with E-state index < -0.39 is 10.0 Å². The van der Waals surface area contributed by atoms with Gasteiger partial charge in [0.1, 0.15) is 0 Å². The normalized spacial score (nSPS) is 11.5. The van der Waals surface area contributed by atoms with Crippen molar-refractivity contribution in [3.8, 4) is 0 Å². The van der Waals surface area contributed by atoms with E-state index in [9.17, 15) is 13.2 Å². The first kappa shape index (κ1) is 15.4. The average Bonchev–Trinajstić information content (AvgIpc) is 2.44. The van der Waals surface area contributed by atoms with Crippen molar-refractivity contribution in [2.75, 3.05) is 6.54 Å². The predicted octanol–water partition coefficient (Wildman–Crippen LogP) is 0.839. The fourth-order valence-corrected chi connectivity index (χ4v) is 2.91. The van der Waals surface area contributed by atoms with E-state index in [1.807, 2.05) is 13.8 Å². The lowest BCUT2D eigenvalue weighted by atomic mass is 10.1. The summed E-state index contributed by atoms with van der Waals surface area (Å²) in [5.74, 6) is 0. The first-order valence-electron chi connectivity index (χ1n) is 6.49. The van der Waals surface area contributed by atoms with Gasteiger partial charge in [0.2, 0.25) is 10.0 Å². The van der Waals surface area contributed by atoms with Crippen LogP contribution >= 0.6 is 0 Å². The molecule has 0 aliphatic rings. The summed E-state index contributed by atoms with van der Waals surface area (Å²) in [5.41, 5.74) is 1.69. The molecule has 112 valence electrons. The molecule has 0 saturated heterocycles. The Hall–Kier alpha value is -1.99. The second-order valence-electron chi connectivity index (χ2n) is 4.73. The zero-order chi connectivity index (χ0) is 15.5. The van der Waals surface area contributed by atoms with Gasteiger partial charge < -0.3 is 0 Å². The van der Waals surface area contributed by atoms with Crippen LogP contribution in [0.4, 0.5) is 0 Å². The SMILES string of the molecule is Cc1ccc(S(=O)(=O)NCCn2ncccc2=O)cc1C. The molecular weight excluding hydrogens is 290 g/mol. The highest BCUT2D eigenvalue weighted by Crippen LogP contribution is 2.14. The van der Waals surface area contributed by atoms with Crippen LogP contribution in [0.5, 0.6) is 0 Å². The number of hydrogen-bond donors (Lipinski definition) is 1. The first-order valence-corrected chi connectivity index (χ1v) is 7.97. The fraction of sp³-hybridized carbons (Fsp3) is 0.286. The standard InChI is InChI=1S/C14H17N3O3S/c1-11-5-6-13(10-12(11)2)21(19,20)16-8-9-17-14(18)4-3-7-15-17/h3-7,10,16H,8-9H2,1-2H3. The van der Waals surface area contributed by atoms with Gasteiger partial charge >= 0.3 is 0 Å². The number of aryl methyl sites for hydroxylation is 2. The lowest BCUT2D eigenvalue weighted by molar-refractivity contribution is 0.547. The van der Waals surface area contributed by atoms with Gasteiger partial charge in [-0.05, 0) is 43.2 Å². The summed E-state index contributed by atoms with van der Waals surface area (Å²) in [6.07, 6.45) is 1.49. The topological polar surface area (TPSA) is 81.1 Å². The van der Waals surface area contributed by atoms with E-state index in [-0.39, 0.29) is 23.5 Å². The summed E-state index contributed by atoms with van der Waals surface area (Å²) in [7, 11) is -3.58. The summed E-state index contributed by atoms with van der Waals surface area (Å²) >= 11 is 0. The van der Waals surface area contributed by atoms with Crippen LogP contribution in [-0.4, -0.2) is 24.7 Å². The Balaban J connectivity index is 2.06. The predicted molar refractivity (Wildman–Crippen MR) is 79.6 cm³/mol. The van der Waals surface area contributed by atoms with Crippen LogP contribution < -0.4 is 10.3 Å². The van der Waals surface area contributed by atoms with Crippen molar-refractivity contribution in [3.05, 3.63) is 58.0 Å². The Morgan fingerprint density at radius 2 is 1.95 bits per heavy atom. The van der Waals surface area contributed by atoms with Crippen LogP contribution in [0.2, 0.25) is 0 Å². The van der Waals surface area contributed by atoms with E-state index in [1.54, 1.807) is 18.2 Å². The molecule has 2 rings (SSSR count). The first-order chi connectivity index (χ1) is 9.90. The zero-order valence-electron chi connectivity index (χ0n) is 11.9. The molecule has 0 saturated carbocycles. The summed E-state index contributed by atoms with van der Waals surface area (Å²) in [5, 5.41) is 3.87. The van der Waals surface area contributed by atoms with Crippen LogP contribution in [-0.2, 0) is 16.6 Å². The van der Waals surface area contributed by atoms with Crippen molar-refractivity contribution in [1.29, 1.82) is 0 Å².